The molecule has 0 spiro atoms. The summed E-state index contributed by atoms with van der Waals surface area (Å²) in [6, 6.07) is 0.465. The highest BCUT2D eigenvalue weighted by molar-refractivity contribution is 6.31. The van der Waals surface area contributed by atoms with E-state index >= 15 is 0 Å². The molecule has 0 aliphatic heterocycles. The van der Waals surface area contributed by atoms with Crippen LogP contribution in [0.3, 0.4) is 0 Å². The lowest BCUT2D eigenvalue weighted by atomic mass is 10.1. The van der Waals surface area contributed by atoms with Gasteiger partial charge in [-0.1, -0.05) is 11.6 Å². The molecule has 0 saturated carbocycles. The Morgan fingerprint density at radius 1 is 1.57 bits per heavy atom. The molecule has 0 saturated heterocycles. The van der Waals surface area contributed by atoms with Gasteiger partial charge in [0.1, 0.15) is 11.7 Å². The maximum Gasteiger partial charge on any atom is 0.326 e. The van der Waals surface area contributed by atoms with Gasteiger partial charge in [-0.25, -0.2) is 9.78 Å². The van der Waals surface area contributed by atoms with E-state index < -0.39 is 17.9 Å². The Morgan fingerprint density at radius 2 is 2.33 bits per heavy atom. The van der Waals surface area contributed by atoms with Gasteiger partial charge in [-0.3, -0.25) is 4.79 Å². The van der Waals surface area contributed by atoms with E-state index in [4.69, 9.17) is 11.6 Å². The van der Waals surface area contributed by atoms with Crippen LogP contribution in [0.1, 0.15) is 23.1 Å². The first-order chi connectivity index (χ1) is 10.0. The molecule has 0 fully saturated rings. The minimum Gasteiger partial charge on any atom is -0.480 e. The molecular formula is C13H15ClN4O3. The number of carboxylic acid groups (broad SMARTS) is 1. The van der Waals surface area contributed by atoms with E-state index in [1.165, 1.54) is 18.6 Å². The zero-order valence-corrected chi connectivity index (χ0v) is 12.1. The highest BCUT2D eigenvalue weighted by Gasteiger charge is 2.23. The fraction of sp³-hybridized carbons (Fsp3) is 0.308. The summed E-state index contributed by atoms with van der Waals surface area (Å²) in [5.74, 6) is -1.59. The Balaban J connectivity index is 2.12. The summed E-state index contributed by atoms with van der Waals surface area (Å²) in [5.41, 5.74) is 0.963. The van der Waals surface area contributed by atoms with E-state index in [1.807, 2.05) is 6.92 Å². The quantitative estimate of drug-likeness (QED) is 0.749. The molecule has 0 aromatic carbocycles. The lowest BCUT2D eigenvalue weighted by molar-refractivity contribution is -0.139. The van der Waals surface area contributed by atoms with E-state index in [9.17, 15) is 14.7 Å². The number of amides is 1. The maximum absolute atomic E-state index is 12.2. The van der Waals surface area contributed by atoms with Crippen LogP contribution >= 0.6 is 11.6 Å². The number of imidazole rings is 1. The number of nitrogens with zero attached hydrogens (tertiary/aromatic N) is 2. The summed E-state index contributed by atoms with van der Waals surface area (Å²) in [4.78, 5) is 30.1. The number of carbonyl (C=O) groups excluding carboxylic acids is 1. The van der Waals surface area contributed by atoms with Crippen molar-refractivity contribution in [3.8, 4) is 0 Å². The first kappa shape index (κ1) is 15.1. The summed E-state index contributed by atoms with van der Waals surface area (Å²) in [7, 11) is 0. The Bertz CT molecular complexity index is 636. The van der Waals surface area contributed by atoms with Gasteiger partial charge in [-0.05, 0) is 13.0 Å². The zero-order chi connectivity index (χ0) is 15.4. The number of aromatic nitrogens is 3. The Kier molecular flexibility index (Phi) is 4.64. The number of halogens is 1. The van der Waals surface area contributed by atoms with E-state index in [0.717, 1.165) is 0 Å². The molecule has 0 aliphatic carbocycles. The van der Waals surface area contributed by atoms with Gasteiger partial charge in [0, 0.05) is 31.1 Å². The predicted octanol–water partition coefficient (Wildman–Crippen LogP) is 1.31. The smallest absolute Gasteiger partial charge is 0.326 e. The van der Waals surface area contributed by atoms with Gasteiger partial charge in [0.15, 0.2) is 0 Å². The number of carbonyl (C=O) groups is 2. The zero-order valence-electron chi connectivity index (χ0n) is 11.3. The summed E-state index contributed by atoms with van der Waals surface area (Å²) in [5, 5.41) is 12.1. The Hall–Kier alpha value is -2.28. The molecule has 3 N–H and O–H groups in total. The van der Waals surface area contributed by atoms with Crippen molar-refractivity contribution >= 4 is 23.5 Å². The SMILES string of the molecule is CCn1cc(Cl)cc1C(=O)NC(Cc1cnc[nH]1)C(=O)O. The van der Waals surface area contributed by atoms with Crippen molar-refractivity contribution in [2.45, 2.75) is 25.9 Å². The van der Waals surface area contributed by atoms with Gasteiger partial charge in [-0.15, -0.1) is 0 Å². The average Bonchev–Trinajstić information content (AvgIpc) is 3.06. The number of aliphatic carboxylic acids is 1. The van der Waals surface area contributed by atoms with E-state index in [2.05, 4.69) is 15.3 Å². The van der Waals surface area contributed by atoms with Crippen LogP contribution in [0.15, 0.2) is 24.8 Å². The van der Waals surface area contributed by atoms with Crippen molar-refractivity contribution in [1.82, 2.24) is 19.9 Å². The van der Waals surface area contributed by atoms with E-state index in [-0.39, 0.29) is 6.42 Å². The Morgan fingerprint density at radius 3 is 2.90 bits per heavy atom. The van der Waals surface area contributed by atoms with Crippen molar-refractivity contribution in [3.05, 3.63) is 41.2 Å². The first-order valence-corrected chi connectivity index (χ1v) is 6.75. The summed E-state index contributed by atoms with van der Waals surface area (Å²) < 4.78 is 1.66. The van der Waals surface area contributed by atoms with Crippen molar-refractivity contribution in [3.63, 3.8) is 0 Å². The second-order valence-electron chi connectivity index (χ2n) is 4.47. The fourth-order valence-corrected chi connectivity index (χ4v) is 2.20. The Labute approximate surface area is 125 Å². The lowest BCUT2D eigenvalue weighted by Gasteiger charge is -2.14. The average molecular weight is 311 g/mol. The highest BCUT2D eigenvalue weighted by Crippen LogP contribution is 2.14. The summed E-state index contributed by atoms with van der Waals surface area (Å²) in [6.45, 7) is 2.43. The molecule has 2 aromatic heterocycles. The maximum atomic E-state index is 12.2. The second kappa shape index (κ2) is 6.45. The van der Waals surface area contributed by atoms with Gasteiger partial charge >= 0.3 is 5.97 Å². The van der Waals surface area contributed by atoms with Gasteiger partial charge in [0.25, 0.3) is 5.91 Å². The first-order valence-electron chi connectivity index (χ1n) is 6.37. The van der Waals surface area contributed by atoms with Gasteiger partial charge in [-0.2, -0.15) is 0 Å². The summed E-state index contributed by atoms with van der Waals surface area (Å²) >= 11 is 5.87. The standard InChI is InChI=1S/C13H15ClN4O3/c1-2-18-6-8(14)3-11(18)12(19)17-10(13(20)21)4-9-5-15-7-16-9/h3,5-7,10H,2,4H2,1H3,(H,15,16)(H,17,19)(H,20,21). The third-order valence-electron chi connectivity index (χ3n) is 3.02. The lowest BCUT2D eigenvalue weighted by Crippen LogP contribution is -2.43. The van der Waals surface area contributed by atoms with Crippen LogP contribution in [0.25, 0.3) is 0 Å². The molecule has 2 heterocycles. The number of aryl methyl sites for hydroxylation is 1. The number of hydrogen-bond acceptors (Lipinski definition) is 3. The molecule has 112 valence electrons. The molecule has 0 bridgehead atoms. The number of hydrogen-bond donors (Lipinski definition) is 3. The van der Waals surface area contributed by atoms with Crippen molar-refractivity contribution in [2.24, 2.45) is 0 Å². The predicted molar refractivity (Wildman–Crippen MR) is 76.3 cm³/mol. The topological polar surface area (TPSA) is 100 Å². The monoisotopic (exact) mass is 310 g/mol. The number of H-pyrrole nitrogens is 1. The number of aromatic amines is 1. The number of nitrogens with one attached hydrogen (secondary N) is 2. The molecule has 1 amide bonds. The fourth-order valence-electron chi connectivity index (χ4n) is 1.98. The van der Waals surface area contributed by atoms with Crippen LogP contribution in [0, 0.1) is 0 Å². The molecule has 0 aliphatic rings. The van der Waals surface area contributed by atoms with Crippen LogP contribution < -0.4 is 5.32 Å². The van der Waals surface area contributed by atoms with Crippen LogP contribution in [0.5, 0.6) is 0 Å². The highest BCUT2D eigenvalue weighted by atomic mass is 35.5. The largest absolute Gasteiger partial charge is 0.480 e. The van der Waals surface area contributed by atoms with Crippen molar-refractivity contribution < 1.29 is 14.7 Å². The molecule has 7 nitrogen and oxygen atoms in total. The number of rotatable bonds is 6. The molecular weight excluding hydrogens is 296 g/mol. The summed E-state index contributed by atoms with van der Waals surface area (Å²) in [6.07, 6.45) is 4.73. The molecule has 2 aromatic rings. The van der Waals surface area contributed by atoms with Gasteiger partial charge in [0.2, 0.25) is 0 Å². The van der Waals surface area contributed by atoms with Crippen molar-refractivity contribution in [2.75, 3.05) is 0 Å². The third-order valence-corrected chi connectivity index (χ3v) is 3.23. The molecule has 2 rings (SSSR count). The van der Waals surface area contributed by atoms with Gasteiger partial charge in [0.05, 0.1) is 11.3 Å². The minimum absolute atomic E-state index is 0.127. The van der Waals surface area contributed by atoms with Crippen LogP contribution in [-0.4, -0.2) is 37.6 Å². The molecule has 1 atom stereocenters. The molecule has 1 unspecified atom stereocenters. The van der Waals surface area contributed by atoms with Crippen LogP contribution in [-0.2, 0) is 17.8 Å². The van der Waals surface area contributed by atoms with Crippen LogP contribution in [0.4, 0.5) is 0 Å². The number of carboxylic acids is 1. The normalized spacial score (nSPS) is 12.1. The van der Waals surface area contributed by atoms with Crippen molar-refractivity contribution in [1.29, 1.82) is 0 Å². The molecule has 0 radical (unpaired) electrons. The van der Waals surface area contributed by atoms with E-state index in [0.29, 0.717) is 23.0 Å². The molecule has 8 heteroatoms. The van der Waals surface area contributed by atoms with E-state index in [1.54, 1.807) is 10.8 Å². The van der Waals surface area contributed by atoms with Gasteiger partial charge < -0.3 is 20.0 Å². The second-order valence-corrected chi connectivity index (χ2v) is 4.91. The van der Waals surface area contributed by atoms with Crippen LogP contribution in [0.2, 0.25) is 5.02 Å². The molecule has 21 heavy (non-hydrogen) atoms. The third kappa shape index (κ3) is 3.63. The minimum atomic E-state index is -1.11.